The number of hydrogen-bond acceptors (Lipinski definition) is 4. The molecule has 4 heterocycles. The van der Waals surface area contributed by atoms with Gasteiger partial charge >= 0.3 is 0 Å². The number of aromatic amines is 1. The van der Waals surface area contributed by atoms with Crippen LogP contribution in [0.1, 0.15) is 17.8 Å². The van der Waals surface area contributed by atoms with Crippen LogP contribution in [-0.4, -0.2) is 40.8 Å². The Morgan fingerprint density at radius 2 is 2.36 bits per heavy atom. The number of aromatic nitrogens is 3. The zero-order chi connectivity index (χ0) is 15.1. The van der Waals surface area contributed by atoms with Gasteiger partial charge in [0, 0.05) is 22.7 Å². The highest BCUT2D eigenvalue weighted by Gasteiger charge is 2.27. The van der Waals surface area contributed by atoms with Gasteiger partial charge in [-0.05, 0) is 35.1 Å². The minimum atomic E-state index is -0.772. The molecule has 5 nitrogen and oxygen atoms in total. The summed E-state index contributed by atoms with van der Waals surface area (Å²) in [5.74, 6) is 1.63. The van der Waals surface area contributed by atoms with Crippen LogP contribution >= 0.6 is 22.6 Å². The maximum Gasteiger partial charge on any atom is 0.142 e. The molecule has 0 radical (unpaired) electrons. The van der Waals surface area contributed by atoms with Crippen molar-refractivity contribution in [1.29, 1.82) is 0 Å². The Balaban J connectivity index is 1.79. The molecular formula is C15H16FIN4O. The zero-order valence-corrected chi connectivity index (χ0v) is 14.1. The summed E-state index contributed by atoms with van der Waals surface area (Å²) in [6.07, 6.45) is 2.40. The van der Waals surface area contributed by atoms with Crippen molar-refractivity contribution in [3.8, 4) is 11.4 Å². The lowest BCUT2D eigenvalue weighted by Gasteiger charge is -2.19. The normalized spacial score (nSPS) is 21.2. The number of anilines is 1. The Morgan fingerprint density at radius 1 is 1.45 bits per heavy atom. The SMILES string of the molecule is F[C@H]1CCN(c2nccc(I)c2-c2nc3c([nH]2)COCC3)C1. The highest BCUT2D eigenvalue weighted by atomic mass is 127. The fourth-order valence-electron chi connectivity index (χ4n) is 3.03. The van der Waals surface area contributed by atoms with E-state index in [4.69, 9.17) is 9.72 Å². The molecular weight excluding hydrogens is 398 g/mol. The number of rotatable bonds is 2. The number of nitrogens with one attached hydrogen (secondary N) is 1. The number of hydrogen-bond donors (Lipinski definition) is 1. The third-order valence-electron chi connectivity index (χ3n) is 4.14. The molecule has 2 aliphatic heterocycles. The molecule has 1 saturated heterocycles. The number of halogens is 2. The van der Waals surface area contributed by atoms with Crippen molar-refractivity contribution < 1.29 is 9.13 Å². The van der Waals surface area contributed by atoms with Crippen molar-refractivity contribution in [2.75, 3.05) is 24.6 Å². The average Bonchev–Trinajstić information content (AvgIpc) is 3.12. The Labute approximate surface area is 141 Å². The smallest absolute Gasteiger partial charge is 0.142 e. The van der Waals surface area contributed by atoms with Gasteiger partial charge in [-0.2, -0.15) is 0 Å². The van der Waals surface area contributed by atoms with E-state index in [1.165, 1.54) is 0 Å². The molecule has 2 aromatic heterocycles. The Morgan fingerprint density at radius 3 is 3.14 bits per heavy atom. The molecule has 116 valence electrons. The summed E-state index contributed by atoms with van der Waals surface area (Å²) < 4.78 is 20.1. The summed E-state index contributed by atoms with van der Waals surface area (Å²) in [6, 6.07) is 1.96. The molecule has 0 amide bonds. The van der Waals surface area contributed by atoms with Gasteiger partial charge in [-0.25, -0.2) is 14.4 Å². The number of fused-ring (bicyclic) bond motifs is 1. The number of imidazole rings is 1. The van der Waals surface area contributed by atoms with Gasteiger partial charge in [-0.3, -0.25) is 0 Å². The molecule has 0 saturated carbocycles. The maximum atomic E-state index is 13.6. The van der Waals surface area contributed by atoms with Crippen LogP contribution < -0.4 is 4.90 Å². The first-order chi connectivity index (χ1) is 10.7. The lowest BCUT2D eigenvalue weighted by molar-refractivity contribution is 0.107. The van der Waals surface area contributed by atoms with Crippen LogP contribution in [0.5, 0.6) is 0 Å². The first-order valence-electron chi connectivity index (χ1n) is 7.42. The maximum absolute atomic E-state index is 13.6. The van der Waals surface area contributed by atoms with Crippen LogP contribution in [0.3, 0.4) is 0 Å². The summed E-state index contributed by atoms with van der Waals surface area (Å²) >= 11 is 2.29. The molecule has 7 heteroatoms. The Bertz CT molecular complexity index is 681. The van der Waals surface area contributed by atoms with E-state index >= 15 is 0 Å². The van der Waals surface area contributed by atoms with Crippen molar-refractivity contribution in [2.24, 2.45) is 0 Å². The summed E-state index contributed by atoms with van der Waals surface area (Å²) in [5.41, 5.74) is 3.07. The van der Waals surface area contributed by atoms with Crippen LogP contribution in [0.25, 0.3) is 11.4 Å². The zero-order valence-electron chi connectivity index (χ0n) is 12.0. The van der Waals surface area contributed by atoms with E-state index in [0.717, 1.165) is 38.6 Å². The van der Waals surface area contributed by atoms with E-state index < -0.39 is 6.17 Å². The molecule has 1 N–H and O–H groups in total. The van der Waals surface area contributed by atoms with Crippen molar-refractivity contribution in [3.63, 3.8) is 0 Å². The number of nitrogens with zero attached hydrogens (tertiary/aromatic N) is 3. The predicted octanol–water partition coefficient (Wildman–Crippen LogP) is 2.70. The fourth-order valence-corrected chi connectivity index (χ4v) is 3.69. The minimum absolute atomic E-state index is 0.406. The molecule has 0 spiro atoms. The van der Waals surface area contributed by atoms with Gasteiger partial charge in [-0.1, -0.05) is 0 Å². The molecule has 0 aromatic carbocycles. The van der Waals surface area contributed by atoms with Gasteiger partial charge < -0.3 is 14.6 Å². The molecule has 0 aliphatic carbocycles. The summed E-state index contributed by atoms with van der Waals surface area (Å²) in [5, 5.41) is 0. The van der Waals surface area contributed by atoms with E-state index in [1.807, 2.05) is 11.0 Å². The number of pyridine rings is 1. The lowest BCUT2D eigenvalue weighted by atomic mass is 10.2. The molecule has 0 unspecified atom stereocenters. The van der Waals surface area contributed by atoms with E-state index in [2.05, 4.69) is 32.6 Å². The molecule has 4 rings (SSSR count). The summed E-state index contributed by atoms with van der Waals surface area (Å²) in [6.45, 7) is 2.39. The van der Waals surface area contributed by atoms with Gasteiger partial charge in [0.1, 0.15) is 17.8 Å². The molecule has 1 fully saturated rings. The van der Waals surface area contributed by atoms with Gasteiger partial charge in [0.15, 0.2) is 0 Å². The Hall–Kier alpha value is -1.22. The van der Waals surface area contributed by atoms with Crippen LogP contribution in [0.2, 0.25) is 0 Å². The molecule has 0 bridgehead atoms. The predicted molar refractivity (Wildman–Crippen MR) is 89.6 cm³/mol. The number of ether oxygens (including phenoxy) is 1. The summed E-state index contributed by atoms with van der Waals surface area (Å²) in [4.78, 5) is 14.6. The fraction of sp³-hybridized carbons (Fsp3) is 0.467. The largest absolute Gasteiger partial charge is 0.375 e. The summed E-state index contributed by atoms with van der Waals surface area (Å²) in [7, 11) is 0. The van der Waals surface area contributed by atoms with Crippen molar-refractivity contribution in [1.82, 2.24) is 15.0 Å². The van der Waals surface area contributed by atoms with E-state index in [1.54, 1.807) is 6.20 Å². The second kappa shape index (κ2) is 5.77. The van der Waals surface area contributed by atoms with E-state index in [0.29, 0.717) is 32.7 Å². The molecule has 1 atom stereocenters. The molecule has 22 heavy (non-hydrogen) atoms. The van der Waals surface area contributed by atoms with Gasteiger partial charge in [0.2, 0.25) is 0 Å². The second-order valence-corrected chi connectivity index (χ2v) is 6.80. The lowest BCUT2D eigenvalue weighted by Crippen LogP contribution is -2.22. The van der Waals surface area contributed by atoms with Crippen molar-refractivity contribution >= 4 is 28.4 Å². The van der Waals surface area contributed by atoms with E-state index in [-0.39, 0.29) is 0 Å². The number of H-pyrrole nitrogens is 1. The van der Waals surface area contributed by atoms with Crippen molar-refractivity contribution in [3.05, 3.63) is 27.2 Å². The van der Waals surface area contributed by atoms with E-state index in [9.17, 15) is 4.39 Å². The third-order valence-corrected chi connectivity index (χ3v) is 5.04. The monoisotopic (exact) mass is 414 g/mol. The highest BCUT2D eigenvalue weighted by Crippen LogP contribution is 2.34. The topological polar surface area (TPSA) is 54.0 Å². The first kappa shape index (κ1) is 14.4. The van der Waals surface area contributed by atoms with Crippen molar-refractivity contribution in [2.45, 2.75) is 25.6 Å². The highest BCUT2D eigenvalue weighted by molar-refractivity contribution is 14.1. The van der Waals surface area contributed by atoms with Crippen LogP contribution in [0.15, 0.2) is 12.3 Å². The number of alkyl halides is 1. The third kappa shape index (κ3) is 2.50. The second-order valence-electron chi connectivity index (χ2n) is 5.64. The minimum Gasteiger partial charge on any atom is -0.375 e. The molecule has 2 aromatic rings. The van der Waals surface area contributed by atoms with Gasteiger partial charge in [0.05, 0.1) is 36.7 Å². The van der Waals surface area contributed by atoms with Crippen LogP contribution in [0.4, 0.5) is 10.2 Å². The standard InChI is InChI=1S/C15H16FIN4O/c16-9-2-5-21(7-9)15-13(10(17)1-4-18-15)14-19-11-3-6-22-8-12(11)20-14/h1,4,9H,2-3,5-8H2,(H,19,20)/t9-/m0/s1. The average molecular weight is 414 g/mol. The van der Waals surface area contributed by atoms with Crippen LogP contribution in [0, 0.1) is 3.57 Å². The molecule has 2 aliphatic rings. The Kier molecular flexibility index (Phi) is 3.77. The van der Waals surface area contributed by atoms with Crippen LogP contribution in [-0.2, 0) is 17.8 Å². The van der Waals surface area contributed by atoms with Gasteiger partial charge in [-0.15, -0.1) is 0 Å². The quantitative estimate of drug-likeness (QED) is 0.769. The van der Waals surface area contributed by atoms with Gasteiger partial charge in [0.25, 0.3) is 0 Å². The first-order valence-corrected chi connectivity index (χ1v) is 8.49.